The van der Waals surface area contributed by atoms with Gasteiger partial charge in [0.05, 0.1) is 33.8 Å². The second-order valence-corrected chi connectivity index (χ2v) is 16.0. The molecule has 0 N–H and O–H groups in total. The Bertz CT molecular complexity index is 2230. The molecule has 0 bridgehead atoms. The Balaban J connectivity index is 1.30. The van der Waals surface area contributed by atoms with Gasteiger partial charge in [-0.05, 0) is 98.2 Å². The summed E-state index contributed by atoms with van der Waals surface area (Å²) in [6.45, 7) is 13.4. The molecule has 3 heteroatoms. The van der Waals surface area contributed by atoms with Crippen molar-refractivity contribution in [3.8, 4) is 22.5 Å². The zero-order chi connectivity index (χ0) is 34.6. The summed E-state index contributed by atoms with van der Waals surface area (Å²) in [4.78, 5) is 0. The van der Waals surface area contributed by atoms with Crippen molar-refractivity contribution < 1.29 is 4.74 Å². The quantitative estimate of drug-likeness (QED) is 0.167. The summed E-state index contributed by atoms with van der Waals surface area (Å²) < 4.78 is 11.4. The van der Waals surface area contributed by atoms with Gasteiger partial charge in [0.25, 0.3) is 0 Å². The number of hydrogen-bond donors (Lipinski definition) is 0. The van der Waals surface area contributed by atoms with Crippen LogP contribution in [0.15, 0.2) is 140 Å². The van der Waals surface area contributed by atoms with Crippen molar-refractivity contribution in [1.29, 1.82) is 0 Å². The minimum Gasteiger partial charge on any atom is -0.372 e. The average molecular weight is 655 g/mol. The summed E-state index contributed by atoms with van der Waals surface area (Å²) in [5, 5.41) is 5.05. The second kappa shape index (κ2) is 12.3. The molecular weight excluding hydrogens is 609 g/mol. The number of fused-ring (bicyclic) bond motifs is 6. The minimum absolute atomic E-state index is 0.154. The van der Waals surface area contributed by atoms with Crippen molar-refractivity contribution in [3.05, 3.63) is 145 Å². The van der Waals surface area contributed by atoms with E-state index in [1.54, 1.807) is 0 Å². The third-order valence-corrected chi connectivity index (χ3v) is 9.69. The fraction of sp³-hybridized carbons (Fsp3) is 0.234. The Labute approximate surface area is 295 Å². The number of ether oxygens (including phenoxy) is 1. The maximum atomic E-state index is 6.58. The lowest BCUT2D eigenvalue weighted by atomic mass is 9.86. The van der Waals surface area contributed by atoms with E-state index < -0.39 is 0 Å². The molecule has 2 aromatic heterocycles. The smallest absolute Gasteiger partial charge is 0.0627 e. The molecule has 0 fully saturated rings. The highest BCUT2D eigenvalue weighted by Gasteiger charge is 2.25. The van der Waals surface area contributed by atoms with Crippen LogP contribution in [-0.2, 0) is 11.2 Å². The molecule has 8 aromatic rings. The molecular formula is C47H46N2O. The van der Waals surface area contributed by atoms with E-state index in [-0.39, 0.29) is 17.1 Å². The summed E-state index contributed by atoms with van der Waals surface area (Å²) in [6.07, 6.45) is 2.05. The van der Waals surface area contributed by atoms with Crippen molar-refractivity contribution in [2.75, 3.05) is 0 Å². The standard InChI is InChI=1S/C47H46N2O/c1-46(2,3)31-37(50-47(4,5)6)27-32-23-25-33(26-24-32)34-28-35(48-42-19-11-7-15-38(42)39-16-8-12-20-43(39)48)30-36(29-34)49-44-21-13-9-17-40(44)41-18-10-14-22-45(41)49/h7-26,28-30,37H,27,31H2,1-6H3. The second-order valence-electron chi connectivity index (χ2n) is 16.0. The van der Waals surface area contributed by atoms with Crippen LogP contribution in [0.2, 0.25) is 0 Å². The molecule has 0 aliphatic heterocycles. The van der Waals surface area contributed by atoms with Crippen LogP contribution in [0.1, 0.15) is 53.5 Å². The fourth-order valence-corrected chi connectivity index (χ4v) is 7.86. The lowest BCUT2D eigenvalue weighted by Gasteiger charge is -2.32. The zero-order valence-electron chi connectivity index (χ0n) is 30.1. The van der Waals surface area contributed by atoms with Crippen LogP contribution in [-0.4, -0.2) is 20.8 Å². The first-order chi connectivity index (χ1) is 24.0. The third kappa shape index (κ3) is 6.12. The molecule has 8 rings (SSSR count). The van der Waals surface area contributed by atoms with Gasteiger partial charge in [0.2, 0.25) is 0 Å². The van der Waals surface area contributed by atoms with Crippen molar-refractivity contribution >= 4 is 43.6 Å². The van der Waals surface area contributed by atoms with Crippen molar-refractivity contribution in [3.63, 3.8) is 0 Å². The Morgan fingerprint density at radius 1 is 0.480 bits per heavy atom. The monoisotopic (exact) mass is 654 g/mol. The summed E-state index contributed by atoms with van der Waals surface area (Å²) >= 11 is 0. The first-order valence-electron chi connectivity index (χ1n) is 17.9. The number of hydrogen-bond acceptors (Lipinski definition) is 1. The highest BCUT2D eigenvalue weighted by Crippen LogP contribution is 2.38. The molecule has 2 heterocycles. The van der Waals surface area contributed by atoms with E-state index in [4.69, 9.17) is 4.74 Å². The number of aromatic nitrogens is 2. The van der Waals surface area contributed by atoms with Gasteiger partial charge in [-0.1, -0.05) is 118 Å². The van der Waals surface area contributed by atoms with Crippen molar-refractivity contribution in [1.82, 2.24) is 9.13 Å². The summed E-state index contributed by atoms with van der Waals surface area (Å²) in [5.41, 5.74) is 10.8. The normalized spacial score (nSPS) is 13.2. The average Bonchev–Trinajstić information content (AvgIpc) is 3.60. The summed E-state index contributed by atoms with van der Waals surface area (Å²) in [5.74, 6) is 0. The lowest BCUT2D eigenvalue weighted by Crippen LogP contribution is -2.32. The molecule has 0 saturated heterocycles. The van der Waals surface area contributed by atoms with Crippen LogP contribution in [0, 0.1) is 5.41 Å². The first kappa shape index (κ1) is 32.1. The topological polar surface area (TPSA) is 19.1 Å². The fourth-order valence-electron chi connectivity index (χ4n) is 7.86. The maximum Gasteiger partial charge on any atom is 0.0627 e. The molecule has 6 aromatic carbocycles. The van der Waals surface area contributed by atoms with Gasteiger partial charge in [0.1, 0.15) is 0 Å². The van der Waals surface area contributed by atoms with E-state index in [0.717, 1.165) is 24.2 Å². The van der Waals surface area contributed by atoms with E-state index in [2.05, 4.69) is 190 Å². The minimum atomic E-state index is -0.188. The SMILES string of the molecule is CC(C)(C)CC(Cc1ccc(-c2cc(-n3c4ccccc4c4ccccc43)cc(-n3c4ccccc4c4ccccc43)c2)cc1)OC(C)(C)C. The molecule has 0 amide bonds. The van der Waals surface area contributed by atoms with Crippen LogP contribution in [0.3, 0.4) is 0 Å². The number of para-hydroxylation sites is 4. The van der Waals surface area contributed by atoms with Crippen LogP contribution >= 0.6 is 0 Å². The van der Waals surface area contributed by atoms with E-state index in [0.29, 0.717) is 0 Å². The Morgan fingerprint density at radius 2 is 0.880 bits per heavy atom. The number of benzene rings is 6. The highest BCUT2D eigenvalue weighted by atomic mass is 16.5. The molecule has 0 spiro atoms. The van der Waals surface area contributed by atoms with Crippen molar-refractivity contribution in [2.45, 2.75) is 66.1 Å². The van der Waals surface area contributed by atoms with E-state index in [1.165, 1.54) is 60.3 Å². The van der Waals surface area contributed by atoms with Crippen LogP contribution in [0.25, 0.3) is 66.1 Å². The lowest BCUT2D eigenvalue weighted by molar-refractivity contribution is -0.0733. The predicted molar refractivity (Wildman–Crippen MR) is 213 cm³/mol. The number of nitrogens with zero attached hydrogens (tertiary/aromatic N) is 2. The van der Waals surface area contributed by atoms with Gasteiger partial charge in [-0.2, -0.15) is 0 Å². The number of rotatable bonds is 7. The predicted octanol–water partition coefficient (Wildman–Crippen LogP) is 12.7. The Kier molecular flexibility index (Phi) is 7.92. The molecule has 0 saturated carbocycles. The Morgan fingerprint density at radius 3 is 1.26 bits per heavy atom. The van der Waals surface area contributed by atoms with Gasteiger partial charge >= 0.3 is 0 Å². The molecule has 250 valence electrons. The molecule has 0 aliphatic rings. The molecule has 3 nitrogen and oxygen atoms in total. The van der Waals surface area contributed by atoms with E-state index >= 15 is 0 Å². The van der Waals surface area contributed by atoms with Crippen LogP contribution in [0.5, 0.6) is 0 Å². The maximum absolute atomic E-state index is 6.58. The molecule has 0 aliphatic carbocycles. The highest BCUT2D eigenvalue weighted by molar-refractivity contribution is 6.10. The molecule has 1 unspecified atom stereocenters. The van der Waals surface area contributed by atoms with E-state index in [1.807, 2.05) is 0 Å². The third-order valence-electron chi connectivity index (χ3n) is 9.69. The first-order valence-corrected chi connectivity index (χ1v) is 17.9. The Hall–Kier alpha value is -5.12. The van der Waals surface area contributed by atoms with Gasteiger partial charge in [-0.15, -0.1) is 0 Å². The molecule has 0 radical (unpaired) electrons. The zero-order valence-corrected chi connectivity index (χ0v) is 30.1. The van der Waals surface area contributed by atoms with Gasteiger partial charge in [0, 0.05) is 32.9 Å². The van der Waals surface area contributed by atoms with Crippen molar-refractivity contribution in [2.24, 2.45) is 5.41 Å². The van der Waals surface area contributed by atoms with Gasteiger partial charge < -0.3 is 13.9 Å². The summed E-state index contributed by atoms with van der Waals surface area (Å²) in [7, 11) is 0. The van der Waals surface area contributed by atoms with Gasteiger partial charge in [-0.3, -0.25) is 0 Å². The largest absolute Gasteiger partial charge is 0.372 e. The summed E-state index contributed by atoms with van der Waals surface area (Å²) in [6, 6.07) is 51.3. The molecule has 1 atom stereocenters. The van der Waals surface area contributed by atoms with Gasteiger partial charge in [-0.25, -0.2) is 0 Å². The van der Waals surface area contributed by atoms with Crippen LogP contribution in [0.4, 0.5) is 0 Å². The van der Waals surface area contributed by atoms with Crippen LogP contribution < -0.4 is 0 Å². The molecule has 50 heavy (non-hydrogen) atoms. The van der Waals surface area contributed by atoms with E-state index in [9.17, 15) is 0 Å². The van der Waals surface area contributed by atoms with Gasteiger partial charge in [0.15, 0.2) is 0 Å².